The number of benzene rings is 2. The SMILES string of the molecule is CC(C)CNC(=O)[C@@H](C)n1c(=O)n(-c2ccccc2F)c(=O)c2ccccc21. The largest absolute Gasteiger partial charge is 0.354 e. The zero-order valence-corrected chi connectivity index (χ0v) is 16.0. The van der Waals surface area contributed by atoms with Gasteiger partial charge < -0.3 is 5.32 Å². The van der Waals surface area contributed by atoms with E-state index in [2.05, 4.69) is 5.32 Å². The van der Waals surface area contributed by atoms with Crippen LogP contribution >= 0.6 is 0 Å². The molecule has 0 aliphatic rings. The number of aromatic nitrogens is 2. The van der Waals surface area contributed by atoms with Gasteiger partial charge in [-0.1, -0.05) is 38.1 Å². The van der Waals surface area contributed by atoms with E-state index in [1.807, 2.05) is 13.8 Å². The molecule has 0 unspecified atom stereocenters. The van der Waals surface area contributed by atoms with Gasteiger partial charge in [-0.3, -0.25) is 14.2 Å². The van der Waals surface area contributed by atoms with E-state index in [1.165, 1.54) is 22.8 Å². The Labute approximate surface area is 161 Å². The number of amides is 1. The third kappa shape index (κ3) is 3.47. The Balaban J connectivity index is 2.28. The van der Waals surface area contributed by atoms with Crippen LogP contribution in [0.4, 0.5) is 4.39 Å². The molecule has 0 saturated carbocycles. The molecule has 0 bridgehead atoms. The molecule has 1 atom stereocenters. The summed E-state index contributed by atoms with van der Waals surface area (Å²) in [4.78, 5) is 38.8. The molecular formula is C21H22FN3O3. The van der Waals surface area contributed by atoms with Crippen LogP contribution in [0, 0.1) is 11.7 Å². The Morgan fingerprint density at radius 3 is 2.36 bits per heavy atom. The van der Waals surface area contributed by atoms with Crippen LogP contribution in [0.15, 0.2) is 58.1 Å². The number of carbonyl (C=O) groups excluding carboxylic acids is 1. The molecular weight excluding hydrogens is 361 g/mol. The highest BCUT2D eigenvalue weighted by Gasteiger charge is 2.23. The number of fused-ring (bicyclic) bond motifs is 1. The van der Waals surface area contributed by atoms with Crippen molar-refractivity contribution in [1.29, 1.82) is 0 Å². The Bertz CT molecular complexity index is 1150. The number of nitrogens with zero attached hydrogens (tertiary/aromatic N) is 2. The third-order valence-corrected chi connectivity index (χ3v) is 4.54. The second-order valence-corrected chi connectivity index (χ2v) is 7.08. The first-order valence-electron chi connectivity index (χ1n) is 9.11. The fraction of sp³-hybridized carbons (Fsp3) is 0.286. The topological polar surface area (TPSA) is 73.1 Å². The van der Waals surface area contributed by atoms with Gasteiger partial charge in [-0.25, -0.2) is 13.8 Å². The van der Waals surface area contributed by atoms with Gasteiger partial charge in [0.2, 0.25) is 5.91 Å². The fourth-order valence-corrected chi connectivity index (χ4v) is 3.07. The van der Waals surface area contributed by atoms with Gasteiger partial charge >= 0.3 is 5.69 Å². The third-order valence-electron chi connectivity index (χ3n) is 4.54. The number of para-hydroxylation sites is 2. The molecule has 0 aliphatic carbocycles. The van der Waals surface area contributed by atoms with Gasteiger partial charge in [-0.2, -0.15) is 0 Å². The van der Waals surface area contributed by atoms with Gasteiger partial charge in [0, 0.05) is 6.54 Å². The van der Waals surface area contributed by atoms with Crippen molar-refractivity contribution >= 4 is 16.8 Å². The molecule has 0 aliphatic heterocycles. The normalized spacial score (nSPS) is 12.3. The van der Waals surface area contributed by atoms with Crippen LogP contribution in [0.2, 0.25) is 0 Å². The number of rotatable bonds is 5. The zero-order chi connectivity index (χ0) is 20.4. The first-order valence-corrected chi connectivity index (χ1v) is 9.11. The summed E-state index contributed by atoms with van der Waals surface area (Å²) in [5.41, 5.74) is -1.21. The first kappa shape index (κ1) is 19.5. The van der Waals surface area contributed by atoms with Crippen LogP contribution in [0.1, 0.15) is 26.8 Å². The minimum atomic E-state index is -0.880. The second kappa shape index (κ2) is 7.80. The van der Waals surface area contributed by atoms with Crippen molar-refractivity contribution in [3.8, 4) is 5.69 Å². The molecule has 1 amide bonds. The summed E-state index contributed by atoms with van der Waals surface area (Å²) >= 11 is 0. The van der Waals surface area contributed by atoms with Crippen molar-refractivity contribution in [1.82, 2.24) is 14.5 Å². The Kier molecular flexibility index (Phi) is 5.44. The van der Waals surface area contributed by atoms with Crippen LogP contribution < -0.4 is 16.6 Å². The van der Waals surface area contributed by atoms with Gasteiger partial charge in [0.25, 0.3) is 5.56 Å². The van der Waals surface area contributed by atoms with Crippen LogP contribution in [0.25, 0.3) is 16.6 Å². The van der Waals surface area contributed by atoms with Crippen LogP contribution in [0.5, 0.6) is 0 Å². The molecule has 1 heterocycles. The van der Waals surface area contributed by atoms with E-state index in [4.69, 9.17) is 0 Å². The smallest absolute Gasteiger partial charge is 0.336 e. The van der Waals surface area contributed by atoms with Gasteiger partial charge in [0.05, 0.1) is 16.6 Å². The van der Waals surface area contributed by atoms with Crippen molar-refractivity contribution < 1.29 is 9.18 Å². The Hall–Kier alpha value is -3.22. The summed E-state index contributed by atoms with van der Waals surface area (Å²) in [6.07, 6.45) is 0. The minimum absolute atomic E-state index is 0.146. The average molecular weight is 383 g/mol. The summed E-state index contributed by atoms with van der Waals surface area (Å²) in [7, 11) is 0. The molecule has 3 aromatic rings. The molecule has 0 saturated heterocycles. The maximum Gasteiger partial charge on any atom is 0.336 e. The molecule has 6 nitrogen and oxygen atoms in total. The predicted octanol–water partition coefficient (Wildman–Crippen LogP) is 2.62. The van der Waals surface area contributed by atoms with Crippen molar-refractivity contribution in [2.45, 2.75) is 26.8 Å². The predicted molar refractivity (Wildman–Crippen MR) is 106 cm³/mol. The Morgan fingerprint density at radius 1 is 1.04 bits per heavy atom. The summed E-state index contributed by atoms with van der Waals surface area (Å²) in [6.45, 7) is 5.97. The van der Waals surface area contributed by atoms with Gasteiger partial charge in [0.15, 0.2) is 0 Å². The van der Waals surface area contributed by atoms with E-state index in [0.717, 1.165) is 4.57 Å². The van der Waals surface area contributed by atoms with Crippen LogP contribution in [-0.2, 0) is 4.79 Å². The van der Waals surface area contributed by atoms with Crippen molar-refractivity contribution in [3.05, 3.63) is 75.2 Å². The molecule has 7 heteroatoms. The van der Waals surface area contributed by atoms with Crippen LogP contribution in [0.3, 0.4) is 0 Å². The summed E-state index contributed by atoms with van der Waals surface area (Å²) in [5, 5.41) is 3.03. The van der Waals surface area contributed by atoms with E-state index in [-0.39, 0.29) is 22.9 Å². The highest BCUT2D eigenvalue weighted by atomic mass is 19.1. The van der Waals surface area contributed by atoms with Gasteiger partial charge in [-0.15, -0.1) is 0 Å². The molecule has 3 rings (SSSR count). The van der Waals surface area contributed by atoms with Gasteiger partial charge in [-0.05, 0) is 37.1 Å². The summed E-state index contributed by atoms with van der Waals surface area (Å²) < 4.78 is 16.4. The highest BCUT2D eigenvalue weighted by Crippen LogP contribution is 2.16. The highest BCUT2D eigenvalue weighted by molar-refractivity contribution is 5.84. The summed E-state index contributed by atoms with van der Waals surface area (Å²) in [6, 6.07) is 11.2. The number of hydrogen-bond acceptors (Lipinski definition) is 3. The standard InChI is InChI=1S/C21H22FN3O3/c1-13(2)12-23-19(26)14(3)24-17-10-6-4-8-15(17)20(27)25(21(24)28)18-11-7-5-9-16(18)22/h4-11,13-14H,12H2,1-3H3,(H,23,26)/t14-/m1/s1. The fourth-order valence-electron chi connectivity index (χ4n) is 3.07. The number of halogens is 1. The van der Waals surface area contributed by atoms with E-state index >= 15 is 0 Å². The lowest BCUT2D eigenvalue weighted by molar-refractivity contribution is -0.124. The molecule has 28 heavy (non-hydrogen) atoms. The molecule has 1 aromatic heterocycles. The quantitative estimate of drug-likeness (QED) is 0.736. The van der Waals surface area contributed by atoms with Crippen molar-refractivity contribution in [2.24, 2.45) is 5.92 Å². The van der Waals surface area contributed by atoms with Crippen LogP contribution in [-0.4, -0.2) is 21.6 Å². The Morgan fingerprint density at radius 2 is 1.68 bits per heavy atom. The lowest BCUT2D eigenvalue weighted by Crippen LogP contribution is -2.44. The lowest BCUT2D eigenvalue weighted by Gasteiger charge is -2.20. The van der Waals surface area contributed by atoms with Gasteiger partial charge in [0.1, 0.15) is 11.9 Å². The monoisotopic (exact) mass is 383 g/mol. The van der Waals surface area contributed by atoms with E-state index < -0.39 is 23.1 Å². The molecule has 146 valence electrons. The zero-order valence-electron chi connectivity index (χ0n) is 16.0. The maximum atomic E-state index is 14.3. The van der Waals surface area contributed by atoms with Crippen molar-refractivity contribution in [3.63, 3.8) is 0 Å². The number of nitrogens with one attached hydrogen (secondary N) is 1. The summed E-state index contributed by atoms with van der Waals surface area (Å²) in [5.74, 6) is -0.794. The lowest BCUT2D eigenvalue weighted by atomic mass is 10.2. The number of carbonyl (C=O) groups is 1. The minimum Gasteiger partial charge on any atom is -0.354 e. The average Bonchev–Trinajstić information content (AvgIpc) is 2.67. The molecule has 0 radical (unpaired) electrons. The molecule has 0 fully saturated rings. The molecule has 0 spiro atoms. The van der Waals surface area contributed by atoms with Crippen molar-refractivity contribution in [2.75, 3.05) is 6.54 Å². The number of hydrogen-bond donors (Lipinski definition) is 1. The van der Waals surface area contributed by atoms with E-state index in [1.54, 1.807) is 37.3 Å². The van der Waals surface area contributed by atoms with E-state index in [0.29, 0.717) is 12.1 Å². The molecule has 1 N–H and O–H groups in total. The first-order chi connectivity index (χ1) is 13.3. The maximum absolute atomic E-state index is 14.3. The second-order valence-electron chi connectivity index (χ2n) is 7.08. The molecule has 2 aromatic carbocycles. The van der Waals surface area contributed by atoms with E-state index in [9.17, 15) is 18.8 Å².